The molecule has 2 aromatic carbocycles. The van der Waals surface area contributed by atoms with Crippen molar-refractivity contribution in [2.75, 3.05) is 13.2 Å². The van der Waals surface area contributed by atoms with Crippen molar-refractivity contribution >= 4 is 18.0 Å². The van der Waals surface area contributed by atoms with E-state index in [1.54, 1.807) is 0 Å². The van der Waals surface area contributed by atoms with Crippen molar-refractivity contribution < 1.29 is 24.2 Å². The van der Waals surface area contributed by atoms with Crippen molar-refractivity contribution in [3.8, 4) is 11.1 Å². The van der Waals surface area contributed by atoms with Crippen LogP contribution in [0.3, 0.4) is 0 Å². The predicted molar refractivity (Wildman–Crippen MR) is 133 cm³/mol. The van der Waals surface area contributed by atoms with E-state index in [-0.39, 0.29) is 30.8 Å². The number of fused-ring (bicyclic) bond motifs is 3. The smallest absolute Gasteiger partial charge is 0.407 e. The Morgan fingerprint density at radius 2 is 1.60 bits per heavy atom. The Balaban J connectivity index is 1.28. The second-order valence-electron chi connectivity index (χ2n) is 9.68. The SMILES string of the molecule is CCC(CNC(=O)OCC1c2ccccc2-c2ccccc21)CC(=O)NC1(C(=O)O)CCCCC1. The summed E-state index contributed by atoms with van der Waals surface area (Å²) in [5.41, 5.74) is 3.49. The van der Waals surface area contributed by atoms with E-state index in [1.165, 1.54) is 11.1 Å². The van der Waals surface area contributed by atoms with Crippen molar-refractivity contribution in [2.45, 2.75) is 63.3 Å². The summed E-state index contributed by atoms with van der Waals surface area (Å²) >= 11 is 0. The third-order valence-corrected chi connectivity index (χ3v) is 7.43. The fourth-order valence-electron chi connectivity index (χ4n) is 5.37. The zero-order chi connectivity index (χ0) is 24.8. The normalized spacial score (nSPS) is 17.1. The number of aliphatic carboxylic acids is 1. The summed E-state index contributed by atoms with van der Waals surface area (Å²) in [6, 6.07) is 16.3. The van der Waals surface area contributed by atoms with Crippen LogP contribution in [0.2, 0.25) is 0 Å². The number of carboxylic acids is 1. The standard InChI is InChI=1S/C28H34N2O5/c1-2-19(16-25(31)30-28(26(32)33)14-8-3-9-15-28)17-29-27(34)35-18-24-22-12-6-4-10-20(22)21-11-5-7-13-23(21)24/h4-7,10-13,19,24H,2-3,8-9,14-18H2,1H3,(H,29,34)(H,30,31)(H,32,33). The largest absolute Gasteiger partial charge is 0.480 e. The van der Waals surface area contributed by atoms with E-state index in [2.05, 4.69) is 34.9 Å². The van der Waals surface area contributed by atoms with Crippen LogP contribution in [0.15, 0.2) is 48.5 Å². The van der Waals surface area contributed by atoms with Crippen molar-refractivity contribution in [1.82, 2.24) is 10.6 Å². The van der Waals surface area contributed by atoms with Gasteiger partial charge in [0.05, 0.1) is 0 Å². The van der Waals surface area contributed by atoms with Crippen LogP contribution in [0.1, 0.15) is 68.9 Å². The minimum Gasteiger partial charge on any atom is -0.480 e. The lowest BCUT2D eigenvalue weighted by Gasteiger charge is -2.34. The van der Waals surface area contributed by atoms with Gasteiger partial charge >= 0.3 is 12.1 Å². The number of amides is 2. The van der Waals surface area contributed by atoms with Gasteiger partial charge < -0.3 is 20.5 Å². The molecule has 1 saturated carbocycles. The Morgan fingerprint density at radius 1 is 1.00 bits per heavy atom. The van der Waals surface area contributed by atoms with Crippen LogP contribution in [-0.2, 0) is 14.3 Å². The monoisotopic (exact) mass is 478 g/mol. The summed E-state index contributed by atoms with van der Waals surface area (Å²) in [7, 11) is 0. The molecule has 186 valence electrons. The second kappa shape index (κ2) is 10.9. The van der Waals surface area contributed by atoms with Gasteiger partial charge in [0.2, 0.25) is 5.91 Å². The second-order valence-corrected chi connectivity index (χ2v) is 9.68. The molecule has 7 heteroatoms. The van der Waals surface area contributed by atoms with Gasteiger partial charge in [-0.25, -0.2) is 9.59 Å². The summed E-state index contributed by atoms with van der Waals surface area (Å²) in [4.78, 5) is 37.0. The molecular formula is C28H34N2O5. The Labute approximate surface area is 206 Å². The molecule has 2 aliphatic rings. The van der Waals surface area contributed by atoms with Crippen LogP contribution >= 0.6 is 0 Å². The summed E-state index contributed by atoms with van der Waals surface area (Å²) in [5, 5.41) is 15.3. The van der Waals surface area contributed by atoms with Crippen molar-refractivity contribution in [1.29, 1.82) is 0 Å². The van der Waals surface area contributed by atoms with Crippen molar-refractivity contribution in [3.05, 3.63) is 59.7 Å². The van der Waals surface area contributed by atoms with Gasteiger partial charge in [-0.2, -0.15) is 0 Å². The number of benzene rings is 2. The number of alkyl carbamates (subject to hydrolysis) is 1. The average Bonchev–Trinajstić information content (AvgIpc) is 3.19. The lowest BCUT2D eigenvalue weighted by molar-refractivity contribution is -0.149. The maximum atomic E-state index is 12.6. The quantitative estimate of drug-likeness (QED) is 0.478. The summed E-state index contributed by atoms with van der Waals surface area (Å²) in [5.74, 6) is -1.36. The number of hydrogen-bond donors (Lipinski definition) is 3. The molecule has 3 N–H and O–H groups in total. The van der Waals surface area contributed by atoms with E-state index in [0.717, 1.165) is 30.4 Å². The first-order valence-electron chi connectivity index (χ1n) is 12.6. The van der Waals surface area contributed by atoms with Crippen molar-refractivity contribution in [2.24, 2.45) is 5.92 Å². The molecule has 0 aromatic heterocycles. The highest BCUT2D eigenvalue weighted by Gasteiger charge is 2.41. The van der Waals surface area contributed by atoms with E-state index < -0.39 is 17.6 Å². The molecule has 0 saturated heterocycles. The molecule has 1 unspecified atom stereocenters. The first kappa shape index (κ1) is 24.8. The number of rotatable bonds is 9. The van der Waals surface area contributed by atoms with Gasteiger partial charge in [-0.05, 0) is 41.0 Å². The maximum Gasteiger partial charge on any atom is 0.407 e. The van der Waals surface area contributed by atoms with E-state index in [1.807, 2.05) is 31.2 Å². The van der Waals surface area contributed by atoms with Gasteiger partial charge in [0.1, 0.15) is 12.1 Å². The Kier molecular flexibility index (Phi) is 7.73. The van der Waals surface area contributed by atoms with Gasteiger partial charge in [0, 0.05) is 18.9 Å². The topological polar surface area (TPSA) is 105 Å². The van der Waals surface area contributed by atoms with Crippen LogP contribution in [-0.4, -0.2) is 41.8 Å². The highest BCUT2D eigenvalue weighted by atomic mass is 16.5. The van der Waals surface area contributed by atoms with Crippen LogP contribution in [0.4, 0.5) is 4.79 Å². The van der Waals surface area contributed by atoms with Gasteiger partial charge in [-0.3, -0.25) is 4.79 Å². The predicted octanol–water partition coefficient (Wildman–Crippen LogP) is 4.85. The molecular weight excluding hydrogens is 444 g/mol. The van der Waals surface area contributed by atoms with E-state index in [0.29, 0.717) is 25.8 Å². The maximum absolute atomic E-state index is 12.6. The van der Waals surface area contributed by atoms with Gasteiger partial charge in [0.25, 0.3) is 0 Å². The van der Waals surface area contributed by atoms with E-state index in [9.17, 15) is 19.5 Å². The average molecular weight is 479 g/mol. The molecule has 0 spiro atoms. The number of carbonyl (C=O) groups excluding carboxylic acids is 2. The molecule has 0 aliphatic heterocycles. The fourth-order valence-corrected chi connectivity index (χ4v) is 5.37. The number of carboxylic acid groups (broad SMARTS) is 1. The lowest BCUT2D eigenvalue weighted by Crippen LogP contribution is -2.56. The molecule has 0 radical (unpaired) electrons. The third kappa shape index (κ3) is 5.50. The Hall–Kier alpha value is -3.35. The van der Waals surface area contributed by atoms with E-state index >= 15 is 0 Å². The minimum atomic E-state index is -1.16. The van der Waals surface area contributed by atoms with E-state index in [4.69, 9.17) is 4.74 Å². The Bertz CT molecular complexity index is 1030. The molecule has 7 nitrogen and oxygen atoms in total. The Morgan fingerprint density at radius 3 is 2.17 bits per heavy atom. The van der Waals surface area contributed by atoms with Crippen LogP contribution in [0, 0.1) is 5.92 Å². The fraction of sp³-hybridized carbons (Fsp3) is 0.464. The molecule has 1 atom stereocenters. The van der Waals surface area contributed by atoms with Gasteiger partial charge in [0.15, 0.2) is 0 Å². The first-order valence-corrected chi connectivity index (χ1v) is 12.6. The van der Waals surface area contributed by atoms with Gasteiger partial charge in [-0.1, -0.05) is 81.1 Å². The summed E-state index contributed by atoms with van der Waals surface area (Å²) < 4.78 is 5.58. The van der Waals surface area contributed by atoms with Gasteiger partial charge in [-0.15, -0.1) is 0 Å². The molecule has 0 heterocycles. The molecule has 2 aliphatic carbocycles. The molecule has 2 aromatic rings. The zero-order valence-electron chi connectivity index (χ0n) is 20.2. The zero-order valence-corrected chi connectivity index (χ0v) is 20.2. The molecule has 2 amide bonds. The van der Waals surface area contributed by atoms with Crippen LogP contribution < -0.4 is 10.6 Å². The molecule has 1 fully saturated rings. The first-order chi connectivity index (χ1) is 16.9. The number of carbonyl (C=O) groups is 3. The highest BCUT2D eigenvalue weighted by molar-refractivity contribution is 5.87. The van der Waals surface area contributed by atoms with Crippen molar-refractivity contribution in [3.63, 3.8) is 0 Å². The minimum absolute atomic E-state index is 0.0106. The third-order valence-electron chi connectivity index (χ3n) is 7.43. The lowest BCUT2D eigenvalue weighted by atomic mass is 9.81. The molecule has 35 heavy (non-hydrogen) atoms. The summed E-state index contributed by atoms with van der Waals surface area (Å²) in [6.07, 6.45) is 3.84. The number of ether oxygens (including phenoxy) is 1. The van der Waals surface area contributed by atoms with Crippen LogP contribution in [0.25, 0.3) is 11.1 Å². The molecule has 0 bridgehead atoms. The highest BCUT2D eigenvalue weighted by Crippen LogP contribution is 2.44. The number of nitrogens with one attached hydrogen (secondary N) is 2. The molecule has 4 rings (SSSR count). The summed E-state index contributed by atoms with van der Waals surface area (Å²) in [6.45, 7) is 2.48. The number of hydrogen-bond acceptors (Lipinski definition) is 4. The van der Waals surface area contributed by atoms with Crippen LogP contribution in [0.5, 0.6) is 0 Å².